The molecule has 5 heteroatoms. The lowest BCUT2D eigenvalue weighted by atomic mass is 10.1. The highest BCUT2D eigenvalue weighted by Crippen LogP contribution is 2.23. The van der Waals surface area contributed by atoms with Gasteiger partial charge in [0.05, 0.1) is 4.92 Å². The van der Waals surface area contributed by atoms with Crippen molar-refractivity contribution in [3.8, 4) is 5.75 Å². The van der Waals surface area contributed by atoms with E-state index in [0.717, 1.165) is 11.3 Å². The Kier molecular flexibility index (Phi) is 3.66. The van der Waals surface area contributed by atoms with Gasteiger partial charge in [-0.05, 0) is 25.1 Å². The monoisotopic (exact) mass is 258 g/mol. The molecule has 19 heavy (non-hydrogen) atoms. The van der Waals surface area contributed by atoms with Crippen molar-refractivity contribution in [1.29, 1.82) is 0 Å². The van der Waals surface area contributed by atoms with Gasteiger partial charge in [0.15, 0.2) is 0 Å². The number of nitrogens with one attached hydrogen (secondary N) is 1. The van der Waals surface area contributed by atoms with Gasteiger partial charge in [-0.15, -0.1) is 0 Å². The minimum atomic E-state index is -0.477. The fourth-order valence-electron chi connectivity index (χ4n) is 1.70. The first-order valence-electron chi connectivity index (χ1n) is 5.83. The van der Waals surface area contributed by atoms with Crippen LogP contribution >= 0.6 is 0 Å². The van der Waals surface area contributed by atoms with Crippen molar-refractivity contribution in [2.24, 2.45) is 0 Å². The van der Waals surface area contributed by atoms with Crippen LogP contribution in [0.5, 0.6) is 5.75 Å². The van der Waals surface area contributed by atoms with Gasteiger partial charge < -0.3 is 10.4 Å². The number of phenols is 1. The van der Waals surface area contributed by atoms with Crippen LogP contribution in [0.1, 0.15) is 11.1 Å². The molecule has 2 aromatic rings. The van der Waals surface area contributed by atoms with Crippen LogP contribution < -0.4 is 5.32 Å². The molecule has 0 atom stereocenters. The SMILES string of the molecule is Cc1ccc(NCc2cc([N+](=O)[O-])ccc2O)cc1. The first-order valence-corrected chi connectivity index (χ1v) is 5.83. The highest BCUT2D eigenvalue weighted by atomic mass is 16.6. The first kappa shape index (κ1) is 12.9. The van der Waals surface area contributed by atoms with Crippen LogP contribution in [-0.2, 0) is 6.54 Å². The summed E-state index contributed by atoms with van der Waals surface area (Å²) in [6.45, 7) is 2.33. The van der Waals surface area contributed by atoms with Crippen LogP contribution in [-0.4, -0.2) is 10.0 Å². The van der Waals surface area contributed by atoms with Gasteiger partial charge in [-0.2, -0.15) is 0 Å². The van der Waals surface area contributed by atoms with Crippen LogP contribution in [0.2, 0.25) is 0 Å². The molecule has 0 aliphatic carbocycles. The predicted octanol–water partition coefficient (Wildman–Crippen LogP) is 3.22. The lowest BCUT2D eigenvalue weighted by Gasteiger charge is -2.08. The predicted molar refractivity (Wildman–Crippen MR) is 73.3 cm³/mol. The van der Waals surface area contributed by atoms with Gasteiger partial charge in [0, 0.05) is 29.9 Å². The molecule has 5 nitrogen and oxygen atoms in total. The third-order valence-electron chi connectivity index (χ3n) is 2.81. The van der Waals surface area contributed by atoms with Gasteiger partial charge in [-0.25, -0.2) is 0 Å². The highest BCUT2D eigenvalue weighted by molar-refractivity contribution is 5.48. The Bertz CT molecular complexity index is 594. The smallest absolute Gasteiger partial charge is 0.270 e. The topological polar surface area (TPSA) is 75.4 Å². The zero-order valence-corrected chi connectivity index (χ0v) is 10.5. The lowest BCUT2D eigenvalue weighted by molar-refractivity contribution is -0.384. The molecule has 98 valence electrons. The molecular weight excluding hydrogens is 244 g/mol. The van der Waals surface area contributed by atoms with Crippen molar-refractivity contribution in [3.63, 3.8) is 0 Å². The highest BCUT2D eigenvalue weighted by Gasteiger charge is 2.09. The maximum atomic E-state index is 10.7. The summed E-state index contributed by atoms with van der Waals surface area (Å²) in [5.74, 6) is 0.0465. The molecule has 0 saturated carbocycles. The van der Waals surface area contributed by atoms with Crippen molar-refractivity contribution in [1.82, 2.24) is 0 Å². The molecule has 0 spiro atoms. The van der Waals surface area contributed by atoms with Crippen LogP contribution in [0.25, 0.3) is 0 Å². The third-order valence-corrected chi connectivity index (χ3v) is 2.81. The number of nitro benzene ring substituents is 1. The zero-order valence-electron chi connectivity index (χ0n) is 10.5. The number of anilines is 1. The van der Waals surface area contributed by atoms with Gasteiger partial charge in [0.2, 0.25) is 0 Å². The molecule has 0 fully saturated rings. The molecule has 0 radical (unpaired) electrons. The van der Waals surface area contributed by atoms with Crippen molar-refractivity contribution in [3.05, 3.63) is 63.7 Å². The molecule has 0 aliphatic rings. The summed E-state index contributed by atoms with van der Waals surface area (Å²) in [6, 6.07) is 11.8. The average molecular weight is 258 g/mol. The zero-order chi connectivity index (χ0) is 13.8. The van der Waals surface area contributed by atoms with Gasteiger partial charge >= 0.3 is 0 Å². The summed E-state index contributed by atoms with van der Waals surface area (Å²) in [5, 5.41) is 23.5. The molecule has 2 rings (SSSR count). The van der Waals surface area contributed by atoms with Crippen LogP contribution in [0.4, 0.5) is 11.4 Å². The Labute approximate surface area is 110 Å². The second kappa shape index (κ2) is 5.39. The van der Waals surface area contributed by atoms with Crippen LogP contribution in [0.3, 0.4) is 0 Å². The maximum absolute atomic E-state index is 10.7. The standard InChI is InChI=1S/C14H14N2O3/c1-10-2-4-12(5-3-10)15-9-11-8-13(16(18)19)6-7-14(11)17/h2-8,15,17H,9H2,1H3. The van der Waals surface area contributed by atoms with E-state index in [1.807, 2.05) is 31.2 Å². The van der Waals surface area contributed by atoms with Crippen molar-refractivity contribution >= 4 is 11.4 Å². The quantitative estimate of drug-likeness (QED) is 0.652. The third kappa shape index (κ3) is 3.22. The number of aromatic hydroxyl groups is 1. The Balaban J connectivity index is 2.12. The second-order valence-corrected chi connectivity index (χ2v) is 4.29. The minimum Gasteiger partial charge on any atom is -0.508 e. The number of benzene rings is 2. The van der Waals surface area contributed by atoms with Gasteiger partial charge in [-0.1, -0.05) is 17.7 Å². The number of non-ortho nitro benzene ring substituents is 1. The number of nitrogens with zero attached hydrogens (tertiary/aromatic N) is 1. The summed E-state index contributed by atoms with van der Waals surface area (Å²) in [6.07, 6.45) is 0. The molecule has 0 heterocycles. The van der Waals surface area contributed by atoms with E-state index in [0.29, 0.717) is 12.1 Å². The number of rotatable bonds is 4. The average Bonchev–Trinajstić information content (AvgIpc) is 2.39. The van der Waals surface area contributed by atoms with Crippen LogP contribution in [0.15, 0.2) is 42.5 Å². The lowest BCUT2D eigenvalue weighted by Crippen LogP contribution is -2.00. The van der Waals surface area contributed by atoms with E-state index in [4.69, 9.17) is 0 Å². The normalized spacial score (nSPS) is 10.2. The van der Waals surface area contributed by atoms with Gasteiger partial charge in [0.25, 0.3) is 5.69 Å². The number of aryl methyl sites for hydroxylation is 1. The molecule has 2 N–H and O–H groups in total. The van der Waals surface area contributed by atoms with E-state index in [1.54, 1.807) is 0 Å². The summed E-state index contributed by atoms with van der Waals surface area (Å²) in [4.78, 5) is 10.2. The number of nitro groups is 1. The Morgan fingerprint density at radius 3 is 2.53 bits per heavy atom. The van der Waals surface area contributed by atoms with E-state index in [2.05, 4.69) is 5.32 Å². The molecule has 0 aliphatic heterocycles. The summed E-state index contributed by atoms with van der Waals surface area (Å²) in [7, 11) is 0. The summed E-state index contributed by atoms with van der Waals surface area (Å²) in [5.41, 5.74) is 2.52. The molecule has 0 saturated heterocycles. The number of phenolic OH excluding ortho intramolecular Hbond substituents is 1. The molecule has 0 bridgehead atoms. The van der Waals surface area contributed by atoms with E-state index in [9.17, 15) is 15.2 Å². The van der Waals surface area contributed by atoms with Crippen molar-refractivity contribution in [2.45, 2.75) is 13.5 Å². The molecule has 0 aromatic heterocycles. The summed E-state index contributed by atoms with van der Waals surface area (Å²) >= 11 is 0. The second-order valence-electron chi connectivity index (χ2n) is 4.29. The minimum absolute atomic E-state index is 0.0292. The molecule has 0 unspecified atom stereocenters. The van der Waals surface area contributed by atoms with E-state index in [1.165, 1.54) is 18.2 Å². The fourth-order valence-corrected chi connectivity index (χ4v) is 1.70. The first-order chi connectivity index (χ1) is 9.06. The van der Waals surface area contributed by atoms with Gasteiger partial charge in [-0.3, -0.25) is 10.1 Å². The van der Waals surface area contributed by atoms with E-state index < -0.39 is 4.92 Å². The molecule has 0 amide bonds. The van der Waals surface area contributed by atoms with Crippen LogP contribution in [0, 0.1) is 17.0 Å². The largest absolute Gasteiger partial charge is 0.508 e. The van der Waals surface area contributed by atoms with Gasteiger partial charge in [0.1, 0.15) is 5.75 Å². The van der Waals surface area contributed by atoms with E-state index in [-0.39, 0.29) is 11.4 Å². The number of hydrogen-bond acceptors (Lipinski definition) is 4. The molecular formula is C14H14N2O3. The molecule has 2 aromatic carbocycles. The summed E-state index contributed by atoms with van der Waals surface area (Å²) < 4.78 is 0. The Morgan fingerprint density at radius 2 is 1.89 bits per heavy atom. The fraction of sp³-hybridized carbons (Fsp3) is 0.143. The van der Waals surface area contributed by atoms with Crippen molar-refractivity contribution < 1.29 is 10.0 Å². The Morgan fingerprint density at radius 1 is 1.21 bits per heavy atom. The number of hydrogen-bond donors (Lipinski definition) is 2. The van der Waals surface area contributed by atoms with Crippen molar-refractivity contribution in [2.75, 3.05) is 5.32 Å². The van der Waals surface area contributed by atoms with E-state index >= 15 is 0 Å². The Hall–Kier alpha value is -2.56. The maximum Gasteiger partial charge on any atom is 0.270 e.